The molecule has 0 heterocycles. The van der Waals surface area contributed by atoms with Crippen LogP contribution in [0.25, 0.3) is 0 Å². The first kappa shape index (κ1) is 54.4. The van der Waals surface area contributed by atoms with Crippen LogP contribution in [-0.4, -0.2) is 75.6 Å². The molecule has 8 nitrogen and oxygen atoms in total. The van der Waals surface area contributed by atoms with Crippen LogP contribution in [0.1, 0.15) is 142 Å². The third kappa shape index (κ3) is 44.4. The number of phosphoric acid groups is 1. The van der Waals surface area contributed by atoms with Gasteiger partial charge < -0.3 is 18.9 Å². The lowest BCUT2D eigenvalue weighted by Gasteiger charge is -2.24. The summed E-state index contributed by atoms with van der Waals surface area (Å²) in [4.78, 5) is 22.8. The van der Waals surface area contributed by atoms with E-state index in [0.29, 0.717) is 24.1 Å². The summed E-state index contributed by atoms with van der Waals surface area (Å²) >= 11 is 0. The van der Waals surface area contributed by atoms with Crippen molar-refractivity contribution in [3.63, 3.8) is 0 Å². The topological polar surface area (TPSA) is 91.3 Å². The Morgan fingerprint density at radius 2 is 1.02 bits per heavy atom. The van der Waals surface area contributed by atoms with Crippen molar-refractivity contribution in [2.45, 2.75) is 148 Å². The summed E-state index contributed by atoms with van der Waals surface area (Å²) in [6, 6.07) is 0. The predicted octanol–water partition coefficient (Wildman–Crippen LogP) is 13.0. The fraction of sp³-hybridized carbons (Fsp3) is 0.646. The number of ether oxygens (including phenoxy) is 2. The van der Waals surface area contributed by atoms with Gasteiger partial charge in [0.15, 0.2) is 0 Å². The monoisotopic (exact) mass is 817 g/mol. The quantitative estimate of drug-likeness (QED) is 0.0217. The molecule has 0 aliphatic heterocycles. The Labute approximate surface area is 349 Å². The van der Waals surface area contributed by atoms with Crippen LogP contribution >= 0.6 is 7.82 Å². The molecule has 0 aromatic heterocycles. The van der Waals surface area contributed by atoms with Crippen LogP contribution in [0.4, 0.5) is 0 Å². The van der Waals surface area contributed by atoms with Crippen molar-refractivity contribution in [1.29, 1.82) is 0 Å². The molecule has 0 spiro atoms. The maximum atomic E-state index is 12.6. The van der Waals surface area contributed by atoms with Crippen molar-refractivity contribution in [2.75, 3.05) is 54.1 Å². The Kier molecular flexibility index (Phi) is 38.4. The van der Waals surface area contributed by atoms with E-state index in [-0.39, 0.29) is 26.2 Å². The first-order chi connectivity index (χ1) is 27.6. The third-order valence-corrected chi connectivity index (χ3v) is 9.65. The molecule has 0 aliphatic rings. The number of nitrogens with zero attached hydrogens (tertiary/aromatic N) is 1. The second-order valence-corrected chi connectivity index (χ2v) is 16.8. The standard InChI is InChI=1S/C48H82NO7P/c1-6-8-10-12-14-16-18-20-22-23-24-25-26-28-30-32-34-36-38-40-43-53-45-47(46-55-57(51,52)54-44-42-49(3,4)5)56-48(50)41-39-37-35-33-31-29-27-21-19-17-15-13-11-9-7-2/h9,11,14-17,20-22,24-25,27,31,33,37,39,47H,6-8,10,12-13,18-19,23,26,28-30,32,34-36,38,40-46H2,1-5H3/p+1/b11-9-,16-14-,17-15-,22-20-,25-24-,27-21-,33-31-,39-37-. The van der Waals surface area contributed by atoms with Crippen LogP contribution < -0.4 is 0 Å². The number of unbranched alkanes of at least 4 members (excludes halogenated alkanes) is 10. The largest absolute Gasteiger partial charge is 0.472 e. The zero-order valence-corrected chi connectivity index (χ0v) is 37.7. The van der Waals surface area contributed by atoms with Gasteiger partial charge in [-0.2, -0.15) is 0 Å². The summed E-state index contributed by atoms with van der Waals surface area (Å²) < 4.78 is 34.8. The normalized spacial score (nSPS) is 14.7. The molecule has 0 radical (unpaired) electrons. The van der Waals surface area contributed by atoms with Crippen molar-refractivity contribution in [3.05, 3.63) is 97.2 Å². The van der Waals surface area contributed by atoms with Crippen molar-refractivity contribution in [2.24, 2.45) is 0 Å². The number of hydrogen-bond acceptors (Lipinski definition) is 6. The highest BCUT2D eigenvalue weighted by atomic mass is 31.2. The van der Waals surface area contributed by atoms with E-state index in [1.54, 1.807) is 6.08 Å². The SMILES string of the molecule is CC/C=C\C/C=C\C/C=C\C/C=C\C/C=C\CC(=O)OC(COCCCCCCCCC/C=C\C/C=C\C/C=C\CCCCC)COP(=O)(O)OCC[N+](C)(C)C. The lowest BCUT2D eigenvalue weighted by atomic mass is 10.1. The van der Waals surface area contributed by atoms with Crippen LogP contribution in [-0.2, 0) is 27.9 Å². The van der Waals surface area contributed by atoms with E-state index < -0.39 is 19.9 Å². The van der Waals surface area contributed by atoms with Gasteiger partial charge in [0.25, 0.3) is 0 Å². The molecule has 0 saturated heterocycles. The van der Waals surface area contributed by atoms with E-state index in [1.807, 2.05) is 27.2 Å². The zero-order chi connectivity index (χ0) is 42.0. The van der Waals surface area contributed by atoms with Crippen molar-refractivity contribution in [3.8, 4) is 0 Å². The highest BCUT2D eigenvalue weighted by Crippen LogP contribution is 2.43. The van der Waals surface area contributed by atoms with E-state index in [2.05, 4.69) is 98.9 Å². The molecule has 0 fully saturated rings. The summed E-state index contributed by atoms with van der Waals surface area (Å²) in [6.07, 6.45) is 54.7. The van der Waals surface area contributed by atoms with Gasteiger partial charge in [-0.05, 0) is 77.0 Å². The molecule has 0 bridgehead atoms. The molecule has 57 heavy (non-hydrogen) atoms. The van der Waals surface area contributed by atoms with E-state index in [1.165, 1.54) is 51.4 Å². The van der Waals surface area contributed by atoms with Crippen molar-refractivity contribution in [1.82, 2.24) is 0 Å². The Morgan fingerprint density at radius 3 is 1.53 bits per heavy atom. The first-order valence-corrected chi connectivity index (χ1v) is 23.5. The van der Waals surface area contributed by atoms with Gasteiger partial charge >= 0.3 is 13.8 Å². The average Bonchev–Trinajstić information content (AvgIpc) is 3.16. The summed E-state index contributed by atoms with van der Waals surface area (Å²) in [6.45, 7) is 5.29. The molecule has 2 atom stereocenters. The molecule has 0 aromatic rings. The number of hydrogen-bond donors (Lipinski definition) is 1. The molecule has 326 valence electrons. The number of allylic oxidation sites excluding steroid dienone is 15. The van der Waals surface area contributed by atoms with Crippen molar-refractivity contribution >= 4 is 13.8 Å². The predicted molar refractivity (Wildman–Crippen MR) is 242 cm³/mol. The molecule has 2 unspecified atom stereocenters. The van der Waals surface area contributed by atoms with Gasteiger partial charge in [-0.3, -0.25) is 13.8 Å². The lowest BCUT2D eigenvalue weighted by molar-refractivity contribution is -0.870. The number of phosphoric ester groups is 1. The second-order valence-electron chi connectivity index (χ2n) is 15.4. The molecule has 0 saturated carbocycles. The maximum absolute atomic E-state index is 12.6. The molecule has 0 rings (SSSR count). The Morgan fingerprint density at radius 1 is 0.561 bits per heavy atom. The fourth-order valence-electron chi connectivity index (χ4n) is 5.28. The Bertz CT molecular complexity index is 1230. The summed E-state index contributed by atoms with van der Waals surface area (Å²) in [5.74, 6) is -0.448. The van der Waals surface area contributed by atoms with Gasteiger partial charge in [0.1, 0.15) is 19.3 Å². The smallest absolute Gasteiger partial charge is 0.457 e. The maximum Gasteiger partial charge on any atom is 0.472 e. The van der Waals surface area contributed by atoms with Gasteiger partial charge in [-0.15, -0.1) is 0 Å². The third-order valence-electron chi connectivity index (χ3n) is 8.66. The Balaban J connectivity index is 4.38. The lowest BCUT2D eigenvalue weighted by Crippen LogP contribution is -2.37. The van der Waals surface area contributed by atoms with Gasteiger partial charge in [-0.25, -0.2) is 4.57 Å². The van der Waals surface area contributed by atoms with Crippen LogP contribution in [0.15, 0.2) is 97.2 Å². The fourth-order valence-corrected chi connectivity index (χ4v) is 6.02. The number of carbonyl (C=O) groups excluding carboxylic acids is 1. The molecule has 0 amide bonds. The number of likely N-dealkylation sites (N-methyl/N-ethyl adjacent to an activating group) is 1. The van der Waals surface area contributed by atoms with E-state index in [9.17, 15) is 14.3 Å². The van der Waals surface area contributed by atoms with Crippen LogP contribution in [0, 0.1) is 0 Å². The minimum absolute atomic E-state index is 0.0644. The minimum Gasteiger partial charge on any atom is -0.457 e. The average molecular weight is 817 g/mol. The van der Waals surface area contributed by atoms with Crippen molar-refractivity contribution < 1.29 is 37.3 Å². The van der Waals surface area contributed by atoms with Gasteiger partial charge in [0.05, 0.1) is 40.8 Å². The summed E-state index contributed by atoms with van der Waals surface area (Å²) in [7, 11) is 1.59. The molecular formula is C48H83NO7P+. The van der Waals surface area contributed by atoms with Crippen LogP contribution in [0.2, 0.25) is 0 Å². The van der Waals surface area contributed by atoms with E-state index >= 15 is 0 Å². The van der Waals surface area contributed by atoms with E-state index in [0.717, 1.165) is 64.2 Å². The molecular weight excluding hydrogens is 734 g/mol. The zero-order valence-electron chi connectivity index (χ0n) is 36.8. The number of rotatable bonds is 39. The number of quaternary nitrogens is 1. The highest BCUT2D eigenvalue weighted by Gasteiger charge is 2.26. The molecule has 0 aromatic carbocycles. The highest BCUT2D eigenvalue weighted by molar-refractivity contribution is 7.47. The number of carbonyl (C=O) groups is 1. The first-order valence-electron chi connectivity index (χ1n) is 22.0. The molecule has 0 aliphatic carbocycles. The summed E-state index contributed by atoms with van der Waals surface area (Å²) in [5.41, 5.74) is 0. The molecule has 9 heteroatoms. The molecule has 1 N–H and O–H groups in total. The van der Waals surface area contributed by atoms with Gasteiger partial charge in [0, 0.05) is 6.61 Å². The minimum atomic E-state index is -4.31. The number of esters is 1. The van der Waals surface area contributed by atoms with Gasteiger partial charge in [0.2, 0.25) is 0 Å². The second kappa shape index (κ2) is 40.2. The van der Waals surface area contributed by atoms with Crippen LogP contribution in [0.5, 0.6) is 0 Å². The van der Waals surface area contributed by atoms with E-state index in [4.69, 9.17) is 18.5 Å². The Hall–Kier alpha value is -2.58. The van der Waals surface area contributed by atoms with Gasteiger partial charge in [-0.1, -0.05) is 156 Å². The summed E-state index contributed by atoms with van der Waals surface area (Å²) in [5, 5.41) is 0. The van der Waals surface area contributed by atoms with Crippen LogP contribution in [0.3, 0.4) is 0 Å².